The predicted molar refractivity (Wildman–Crippen MR) is 129 cm³/mol. The van der Waals surface area contributed by atoms with E-state index in [2.05, 4.69) is 29.5 Å². The van der Waals surface area contributed by atoms with Crippen molar-refractivity contribution in [3.8, 4) is 0 Å². The molecule has 0 heterocycles. The molecule has 1 unspecified atom stereocenters. The Labute approximate surface area is 180 Å². The first kappa shape index (κ1) is 26.7. The van der Waals surface area contributed by atoms with Crippen molar-refractivity contribution in [3.05, 3.63) is 0 Å². The van der Waals surface area contributed by atoms with Crippen LogP contribution in [-0.2, 0) is 16.6 Å². The zero-order chi connectivity index (χ0) is 20.3. The van der Waals surface area contributed by atoms with E-state index in [-0.39, 0.29) is 5.91 Å². The van der Waals surface area contributed by atoms with Gasteiger partial charge in [0.15, 0.2) is 5.54 Å². The highest BCUT2D eigenvalue weighted by Gasteiger charge is 2.34. The van der Waals surface area contributed by atoms with Gasteiger partial charge in [-0.2, -0.15) is 4.08 Å². The summed E-state index contributed by atoms with van der Waals surface area (Å²) in [6.45, 7) is 11.2. The van der Waals surface area contributed by atoms with Crippen molar-refractivity contribution in [1.29, 1.82) is 0 Å². The Morgan fingerprint density at radius 2 is 1.69 bits per heavy atom. The number of unbranched alkanes of at least 4 members (excludes halogenated alkanes) is 2. The molecule has 1 atom stereocenters. The molecule has 0 aliphatic heterocycles. The van der Waals surface area contributed by atoms with Crippen LogP contribution in [0.1, 0.15) is 73.1 Å². The molecule has 0 saturated carbocycles. The SMILES string of the molecule is CCCCCC(=O)N(CC)SN(C)P(=S)(SC(CC)CC)N(C)C(C)=S. The van der Waals surface area contributed by atoms with Gasteiger partial charge in [0, 0.05) is 44.4 Å². The van der Waals surface area contributed by atoms with Gasteiger partial charge in [-0.05, 0) is 44.9 Å². The van der Waals surface area contributed by atoms with Crippen molar-refractivity contribution in [2.75, 3.05) is 20.6 Å². The van der Waals surface area contributed by atoms with Gasteiger partial charge in [0.25, 0.3) is 0 Å². The van der Waals surface area contributed by atoms with Crippen LogP contribution in [0.25, 0.3) is 0 Å². The summed E-state index contributed by atoms with van der Waals surface area (Å²) in [6, 6.07) is 0. The first-order valence-corrected chi connectivity index (χ1v) is 14.8. The maximum Gasteiger partial charge on any atom is 0.233 e. The third-order valence-electron chi connectivity index (χ3n) is 4.16. The Hall–Kier alpha value is 0.670. The van der Waals surface area contributed by atoms with Gasteiger partial charge in [0.2, 0.25) is 5.91 Å². The molecule has 0 spiro atoms. The lowest BCUT2D eigenvalue weighted by atomic mass is 10.2. The minimum absolute atomic E-state index is 0.189. The summed E-state index contributed by atoms with van der Waals surface area (Å²) in [7, 11) is 4.01. The molecule has 0 aromatic heterocycles. The topological polar surface area (TPSA) is 26.8 Å². The lowest BCUT2D eigenvalue weighted by Gasteiger charge is -2.41. The van der Waals surface area contributed by atoms with Gasteiger partial charge in [-0.1, -0.05) is 57.2 Å². The fourth-order valence-corrected chi connectivity index (χ4v) is 11.8. The molecule has 154 valence electrons. The molecule has 0 saturated heterocycles. The summed E-state index contributed by atoms with van der Waals surface area (Å²) in [5.74, 6) is 0.189. The molecule has 4 nitrogen and oxygen atoms in total. The molecular formula is C17H36N3OPS4. The number of rotatable bonds is 13. The number of nitrogens with zero attached hydrogens (tertiary/aromatic N) is 3. The first-order chi connectivity index (χ1) is 12.2. The first-order valence-electron chi connectivity index (χ1n) is 9.43. The number of hydrogen-bond acceptors (Lipinski definition) is 5. The van der Waals surface area contributed by atoms with E-state index in [1.807, 2.05) is 43.6 Å². The molecule has 0 radical (unpaired) electrons. The van der Waals surface area contributed by atoms with Gasteiger partial charge in [0.05, 0.1) is 4.99 Å². The van der Waals surface area contributed by atoms with Crippen molar-refractivity contribution in [3.63, 3.8) is 0 Å². The van der Waals surface area contributed by atoms with Crippen molar-refractivity contribution in [2.24, 2.45) is 0 Å². The van der Waals surface area contributed by atoms with Crippen molar-refractivity contribution < 1.29 is 4.79 Å². The number of carbonyl (C=O) groups is 1. The largest absolute Gasteiger partial charge is 0.322 e. The van der Waals surface area contributed by atoms with Crippen LogP contribution in [-0.4, -0.2) is 49.8 Å². The molecule has 26 heavy (non-hydrogen) atoms. The van der Waals surface area contributed by atoms with Gasteiger partial charge in [-0.15, -0.1) is 0 Å². The van der Waals surface area contributed by atoms with Gasteiger partial charge in [0.1, 0.15) is 0 Å². The third-order valence-corrected chi connectivity index (χ3v) is 15.5. The highest BCUT2D eigenvalue weighted by Crippen LogP contribution is 2.68. The summed E-state index contributed by atoms with van der Waals surface area (Å²) >= 11 is 14.9. The molecule has 0 aromatic rings. The summed E-state index contributed by atoms with van der Waals surface area (Å²) < 4.78 is 6.03. The van der Waals surface area contributed by atoms with Gasteiger partial charge in [-0.3, -0.25) is 9.10 Å². The fraction of sp³-hybridized carbons (Fsp3) is 0.882. The number of amides is 1. The van der Waals surface area contributed by atoms with E-state index in [9.17, 15) is 4.79 Å². The second-order valence-corrected chi connectivity index (χ2v) is 15.6. The van der Waals surface area contributed by atoms with Crippen LogP contribution in [0.15, 0.2) is 0 Å². The minimum atomic E-state index is -2.14. The summed E-state index contributed by atoms with van der Waals surface area (Å²) in [5.41, 5.74) is -2.14. The number of carbonyl (C=O) groups excluding carboxylic acids is 1. The summed E-state index contributed by atoms with van der Waals surface area (Å²) in [4.78, 5) is 13.4. The zero-order valence-corrected chi connectivity index (χ0v) is 21.5. The zero-order valence-electron chi connectivity index (χ0n) is 17.4. The highest BCUT2D eigenvalue weighted by atomic mass is 32.9. The molecule has 0 N–H and O–H groups in total. The van der Waals surface area contributed by atoms with Crippen LogP contribution in [0.5, 0.6) is 0 Å². The monoisotopic (exact) mass is 457 g/mol. The van der Waals surface area contributed by atoms with Gasteiger partial charge < -0.3 is 4.67 Å². The Morgan fingerprint density at radius 1 is 1.12 bits per heavy atom. The van der Waals surface area contributed by atoms with E-state index in [0.29, 0.717) is 18.2 Å². The van der Waals surface area contributed by atoms with Gasteiger partial charge >= 0.3 is 0 Å². The molecular weight excluding hydrogens is 421 g/mol. The van der Waals surface area contributed by atoms with E-state index in [4.69, 9.17) is 24.0 Å². The van der Waals surface area contributed by atoms with E-state index < -0.39 is 5.54 Å². The lowest BCUT2D eigenvalue weighted by Crippen LogP contribution is -2.31. The van der Waals surface area contributed by atoms with E-state index in [0.717, 1.165) is 37.1 Å². The normalized spacial score (nSPS) is 13.7. The molecule has 0 aliphatic rings. The second kappa shape index (κ2) is 13.8. The Balaban J connectivity index is 5.31. The van der Waals surface area contributed by atoms with Crippen LogP contribution in [0, 0.1) is 0 Å². The van der Waals surface area contributed by atoms with Crippen molar-refractivity contribution >= 4 is 64.0 Å². The number of thiocarbonyl (C=S) groups is 1. The lowest BCUT2D eigenvalue weighted by molar-refractivity contribution is -0.126. The van der Waals surface area contributed by atoms with Crippen LogP contribution < -0.4 is 0 Å². The average molecular weight is 458 g/mol. The van der Waals surface area contributed by atoms with Crippen LogP contribution >= 0.6 is 41.3 Å². The van der Waals surface area contributed by atoms with Crippen LogP contribution in [0.3, 0.4) is 0 Å². The smallest absolute Gasteiger partial charge is 0.233 e. The number of hydrogen-bond donors (Lipinski definition) is 0. The summed E-state index contributed by atoms with van der Waals surface area (Å²) in [6.07, 6.45) is 5.93. The van der Waals surface area contributed by atoms with E-state index in [1.165, 1.54) is 12.1 Å². The van der Waals surface area contributed by atoms with E-state index in [1.54, 1.807) is 0 Å². The fourth-order valence-electron chi connectivity index (χ4n) is 2.26. The van der Waals surface area contributed by atoms with Crippen molar-refractivity contribution in [1.82, 2.24) is 13.1 Å². The molecule has 0 aromatic carbocycles. The Morgan fingerprint density at radius 3 is 2.12 bits per heavy atom. The minimum Gasteiger partial charge on any atom is -0.322 e. The maximum atomic E-state index is 12.6. The van der Waals surface area contributed by atoms with Crippen molar-refractivity contribution in [2.45, 2.75) is 78.4 Å². The summed E-state index contributed by atoms with van der Waals surface area (Å²) in [5, 5.41) is 0.496. The van der Waals surface area contributed by atoms with Crippen LogP contribution in [0.2, 0.25) is 0 Å². The molecule has 0 bridgehead atoms. The average Bonchev–Trinajstić information content (AvgIpc) is 2.62. The quantitative estimate of drug-likeness (QED) is 0.138. The Kier molecular flexibility index (Phi) is 14.1. The Bertz CT molecular complexity index is 489. The molecule has 1 amide bonds. The second-order valence-electron chi connectivity index (χ2n) is 6.17. The maximum absolute atomic E-state index is 12.6. The molecule has 0 rings (SSSR count). The van der Waals surface area contributed by atoms with Gasteiger partial charge in [-0.25, -0.2) is 0 Å². The standard InChI is InChI=1S/C17H36N3OPS4/c1-8-12-13-14-17(21)20(11-4)26-19(7)22(24,18(6)15(5)23)25-16(9-2)10-3/h16H,8-14H2,1-7H3. The van der Waals surface area contributed by atoms with E-state index >= 15 is 0 Å². The predicted octanol–water partition coefficient (Wildman–Crippen LogP) is 6.34. The molecule has 0 fully saturated rings. The molecule has 0 aliphatic carbocycles. The highest BCUT2D eigenvalue weighted by molar-refractivity contribution is 8.70. The van der Waals surface area contributed by atoms with Crippen LogP contribution in [0.4, 0.5) is 0 Å². The third kappa shape index (κ3) is 8.36. The molecule has 9 heteroatoms.